The zero-order chi connectivity index (χ0) is 12.4. The number of benzene rings is 1. The standard InChI is InChI=1S/C13H16N4/c1-9-7-10(2)16-13(15-9)17(3)12-6-4-5-11(14)8-12/h4-8H,14H2,1-3H3. The number of nitrogens with two attached hydrogens (primary N) is 1. The Hall–Kier alpha value is -2.10. The van der Waals surface area contributed by atoms with Crippen LogP contribution in [0.25, 0.3) is 0 Å². The van der Waals surface area contributed by atoms with Crippen LogP contribution in [0, 0.1) is 13.8 Å². The second-order valence-corrected chi connectivity index (χ2v) is 4.10. The molecule has 0 saturated heterocycles. The van der Waals surface area contributed by atoms with Gasteiger partial charge < -0.3 is 10.6 Å². The van der Waals surface area contributed by atoms with Gasteiger partial charge in [0.2, 0.25) is 5.95 Å². The van der Waals surface area contributed by atoms with Crippen LogP contribution in [0.15, 0.2) is 30.3 Å². The van der Waals surface area contributed by atoms with E-state index >= 15 is 0 Å². The van der Waals surface area contributed by atoms with E-state index in [1.54, 1.807) is 0 Å². The summed E-state index contributed by atoms with van der Waals surface area (Å²) in [6, 6.07) is 9.62. The van der Waals surface area contributed by atoms with Gasteiger partial charge in [0.1, 0.15) is 0 Å². The summed E-state index contributed by atoms with van der Waals surface area (Å²) in [6.07, 6.45) is 0. The first-order valence-electron chi connectivity index (χ1n) is 5.48. The van der Waals surface area contributed by atoms with Crippen LogP contribution in [0.1, 0.15) is 11.4 Å². The van der Waals surface area contributed by atoms with Crippen molar-refractivity contribution in [3.8, 4) is 0 Å². The fourth-order valence-electron chi connectivity index (χ4n) is 1.71. The largest absolute Gasteiger partial charge is 0.399 e. The number of rotatable bonds is 2. The number of aromatic nitrogens is 2. The Morgan fingerprint density at radius 2 is 1.71 bits per heavy atom. The molecule has 0 atom stereocenters. The second-order valence-electron chi connectivity index (χ2n) is 4.10. The van der Waals surface area contributed by atoms with Crippen molar-refractivity contribution in [2.24, 2.45) is 0 Å². The minimum atomic E-state index is 0.688. The molecule has 0 radical (unpaired) electrons. The predicted molar refractivity (Wildman–Crippen MR) is 70.4 cm³/mol. The van der Waals surface area contributed by atoms with Crippen molar-refractivity contribution in [1.82, 2.24) is 9.97 Å². The van der Waals surface area contributed by atoms with Gasteiger partial charge in [-0.25, -0.2) is 9.97 Å². The van der Waals surface area contributed by atoms with Crippen LogP contribution >= 0.6 is 0 Å². The summed E-state index contributed by atoms with van der Waals surface area (Å²) in [5.41, 5.74) is 9.41. The minimum Gasteiger partial charge on any atom is -0.399 e. The number of nitrogens with zero attached hydrogens (tertiary/aromatic N) is 3. The molecule has 1 aromatic carbocycles. The fourth-order valence-corrected chi connectivity index (χ4v) is 1.71. The maximum absolute atomic E-state index is 5.77. The summed E-state index contributed by atoms with van der Waals surface area (Å²) in [6.45, 7) is 3.93. The Bertz CT molecular complexity index is 516. The molecule has 0 aliphatic carbocycles. The third kappa shape index (κ3) is 2.53. The van der Waals surface area contributed by atoms with Crippen molar-refractivity contribution in [3.63, 3.8) is 0 Å². The molecular formula is C13H16N4. The Labute approximate surface area is 101 Å². The molecule has 2 rings (SSSR count). The quantitative estimate of drug-likeness (QED) is 0.802. The maximum Gasteiger partial charge on any atom is 0.230 e. The molecule has 0 amide bonds. The van der Waals surface area contributed by atoms with Gasteiger partial charge in [0.25, 0.3) is 0 Å². The van der Waals surface area contributed by atoms with E-state index in [9.17, 15) is 0 Å². The highest BCUT2D eigenvalue weighted by molar-refractivity contribution is 5.61. The molecular weight excluding hydrogens is 212 g/mol. The molecule has 17 heavy (non-hydrogen) atoms. The van der Waals surface area contributed by atoms with Crippen LogP contribution in [0.4, 0.5) is 17.3 Å². The van der Waals surface area contributed by atoms with E-state index < -0.39 is 0 Å². The second kappa shape index (κ2) is 4.41. The lowest BCUT2D eigenvalue weighted by Gasteiger charge is -2.18. The first-order valence-corrected chi connectivity index (χ1v) is 5.48. The van der Waals surface area contributed by atoms with Gasteiger partial charge in [-0.05, 0) is 38.1 Å². The molecule has 2 aromatic rings. The maximum atomic E-state index is 5.77. The zero-order valence-corrected chi connectivity index (χ0v) is 10.3. The molecule has 0 bridgehead atoms. The first kappa shape index (κ1) is 11.4. The van der Waals surface area contributed by atoms with Gasteiger partial charge in [0.05, 0.1) is 0 Å². The predicted octanol–water partition coefficient (Wildman–Crippen LogP) is 2.44. The first-order chi connectivity index (χ1) is 8.06. The SMILES string of the molecule is Cc1cc(C)nc(N(C)c2cccc(N)c2)n1. The molecule has 1 aromatic heterocycles. The third-order valence-corrected chi connectivity index (χ3v) is 2.53. The smallest absolute Gasteiger partial charge is 0.230 e. The number of anilines is 3. The van der Waals surface area contributed by atoms with Crippen LogP contribution < -0.4 is 10.6 Å². The summed E-state index contributed by atoms with van der Waals surface area (Å²) in [4.78, 5) is 10.8. The third-order valence-electron chi connectivity index (χ3n) is 2.53. The summed E-state index contributed by atoms with van der Waals surface area (Å²) in [7, 11) is 1.93. The van der Waals surface area contributed by atoms with Crippen LogP contribution in [-0.4, -0.2) is 17.0 Å². The van der Waals surface area contributed by atoms with Gasteiger partial charge in [-0.15, -0.1) is 0 Å². The zero-order valence-electron chi connectivity index (χ0n) is 10.3. The van der Waals surface area contributed by atoms with Crippen molar-refractivity contribution in [2.45, 2.75) is 13.8 Å². The van der Waals surface area contributed by atoms with Crippen molar-refractivity contribution < 1.29 is 0 Å². The van der Waals surface area contributed by atoms with E-state index in [1.165, 1.54) is 0 Å². The van der Waals surface area contributed by atoms with E-state index in [0.29, 0.717) is 5.95 Å². The Morgan fingerprint density at radius 3 is 2.29 bits per heavy atom. The number of aryl methyl sites for hydroxylation is 2. The molecule has 4 heteroatoms. The molecule has 0 aliphatic heterocycles. The molecule has 1 heterocycles. The minimum absolute atomic E-state index is 0.688. The molecule has 0 aliphatic rings. The summed E-state index contributed by atoms with van der Waals surface area (Å²) < 4.78 is 0. The van der Waals surface area contributed by atoms with Crippen molar-refractivity contribution >= 4 is 17.3 Å². The van der Waals surface area contributed by atoms with Crippen molar-refractivity contribution in [3.05, 3.63) is 41.7 Å². The Morgan fingerprint density at radius 1 is 1.06 bits per heavy atom. The van der Waals surface area contributed by atoms with Gasteiger partial charge in [-0.1, -0.05) is 6.07 Å². The average Bonchev–Trinajstić information content (AvgIpc) is 2.26. The van der Waals surface area contributed by atoms with Gasteiger partial charge in [-0.2, -0.15) is 0 Å². The van der Waals surface area contributed by atoms with E-state index in [0.717, 1.165) is 22.8 Å². The van der Waals surface area contributed by atoms with Crippen LogP contribution in [0.2, 0.25) is 0 Å². The lowest BCUT2D eigenvalue weighted by atomic mass is 10.2. The lowest BCUT2D eigenvalue weighted by molar-refractivity contribution is 0.987. The Balaban J connectivity index is 2.39. The molecule has 0 unspecified atom stereocenters. The van der Waals surface area contributed by atoms with E-state index in [4.69, 9.17) is 5.73 Å². The highest BCUT2D eigenvalue weighted by atomic mass is 15.2. The highest BCUT2D eigenvalue weighted by Gasteiger charge is 2.08. The molecule has 4 nitrogen and oxygen atoms in total. The monoisotopic (exact) mass is 228 g/mol. The van der Waals surface area contributed by atoms with Gasteiger partial charge in [0, 0.05) is 29.8 Å². The van der Waals surface area contributed by atoms with Gasteiger partial charge in [0.15, 0.2) is 0 Å². The summed E-state index contributed by atoms with van der Waals surface area (Å²) >= 11 is 0. The van der Waals surface area contributed by atoms with Gasteiger partial charge >= 0.3 is 0 Å². The van der Waals surface area contributed by atoms with Crippen molar-refractivity contribution in [1.29, 1.82) is 0 Å². The van der Waals surface area contributed by atoms with Crippen LogP contribution in [-0.2, 0) is 0 Å². The summed E-state index contributed by atoms with van der Waals surface area (Å²) in [5, 5.41) is 0. The van der Waals surface area contributed by atoms with Gasteiger partial charge in [-0.3, -0.25) is 0 Å². The molecule has 0 spiro atoms. The van der Waals surface area contributed by atoms with Crippen LogP contribution in [0.5, 0.6) is 0 Å². The molecule has 0 fully saturated rings. The molecule has 0 saturated carbocycles. The summed E-state index contributed by atoms with van der Waals surface area (Å²) in [5.74, 6) is 0.688. The van der Waals surface area contributed by atoms with E-state index in [1.807, 2.05) is 56.1 Å². The highest BCUT2D eigenvalue weighted by Crippen LogP contribution is 2.22. The van der Waals surface area contributed by atoms with E-state index in [2.05, 4.69) is 9.97 Å². The normalized spacial score (nSPS) is 10.3. The molecule has 2 N–H and O–H groups in total. The number of hydrogen-bond acceptors (Lipinski definition) is 4. The molecule has 88 valence electrons. The Kier molecular flexibility index (Phi) is 2.95. The fraction of sp³-hybridized carbons (Fsp3) is 0.231. The van der Waals surface area contributed by atoms with Crippen LogP contribution in [0.3, 0.4) is 0 Å². The van der Waals surface area contributed by atoms with E-state index in [-0.39, 0.29) is 0 Å². The lowest BCUT2D eigenvalue weighted by Crippen LogP contribution is -2.14. The average molecular weight is 228 g/mol. The number of hydrogen-bond donors (Lipinski definition) is 1. The topological polar surface area (TPSA) is 55.0 Å². The number of nitrogen functional groups attached to an aromatic ring is 1. The van der Waals surface area contributed by atoms with Crippen molar-refractivity contribution in [2.75, 3.05) is 17.7 Å².